The van der Waals surface area contributed by atoms with Crippen LogP contribution in [0.25, 0.3) is 0 Å². The van der Waals surface area contributed by atoms with Crippen LogP contribution >= 0.6 is 0 Å². The number of nitrogens with zero attached hydrogens (tertiary/aromatic N) is 4. The summed E-state index contributed by atoms with van der Waals surface area (Å²) < 4.78 is 6.35. The average Bonchev–Trinajstić information content (AvgIpc) is 2.99. The molecule has 0 amide bonds. The normalized spacial score (nSPS) is 14.7. The molecule has 0 aliphatic heterocycles. The number of rotatable bonds is 7. The third kappa shape index (κ3) is 4.16. The molecular weight excluding hydrogens is 292 g/mol. The molecule has 6 nitrogen and oxygen atoms in total. The third-order valence-corrected chi connectivity index (χ3v) is 4.24. The number of esters is 1. The molecule has 1 aromatic heterocycles. The van der Waals surface area contributed by atoms with Crippen LogP contribution in [0.4, 0.5) is 0 Å². The fraction of sp³-hybridized carbons (Fsp3) is 0.471. The summed E-state index contributed by atoms with van der Waals surface area (Å²) in [4.78, 5) is 17.8. The quantitative estimate of drug-likeness (QED) is 0.734. The van der Waals surface area contributed by atoms with Crippen molar-refractivity contribution in [2.24, 2.45) is 5.92 Å². The van der Waals surface area contributed by atoms with E-state index in [2.05, 4.69) is 44.0 Å². The van der Waals surface area contributed by atoms with E-state index in [1.807, 2.05) is 6.07 Å². The lowest BCUT2D eigenvalue weighted by molar-refractivity contribution is 0.0585. The molecule has 0 atom stereocenters. The van der Waals surface area contributed by atoms with Gasteiger partial charge >= 0.3 is 5.97 Å². The topological polar surface area (TPSA) is 60.2 Å². The van der Waals surface area contributed by atoms with Gasteiger partial charge in [0.05, 0.1) is 13.8 Å². The molecule has 1 saturated carbocycles. The minimum atomic E-state index is -0.502. The van der Waals surface area contributed by atoms with Crippen LogP contribution in [0.1, 0.15) is 35.4 Å². The predicted molar refractivity (Wildman–Crippen MR) is 85.6 cm³/mol. The van der Waals surface area contributed by atoms with Crippen LogP contribution in [-0.4, -0.2) is 39.3 Å². The Bertz CT molecular complexity index is 637. The van der Waals surface area contributed by atoms with Crippen LogP contribution in [0.15, 0.2) is 36.7 Å². The van der Waals surface area contributed by atoms with Gasteiger partial charge < -0.3 is 4.74 Å². The Morgan fingerprint density at radius 3 is 2.78 bits per heavy atom. The molecule has 6 heteroatoms. The standard InChI is InChI=1S/C17H22N4O2/c1-23-17(22)16-18-12-21(19-16)13-20(11-15-8-5-9-15)10-14-6-3-2-4-7-14/h2-4,6-7,12,15H,5,8-11,13H2,1H3. The summed E-state index contributed by atoms with van der Waals surface area (Å²) in [7, 11) is 1.33. The first-order valence-electron chi connectivity index (χ1n) is 7.98. The molecule has 0 saturated heterocycles. The Kier molecular flexibility index (Phi) is 5.02. The molecule has 1 fully saturated rings. The minimum Gasteiger partial charge on any atom is -0.463 e. The number of methoxy groups -OCH3 is 1. The van der Waals surface area contributed by atoms with Gasteiger partial charge in [-0.3, -0.25) is 4.90 Å². The van der Waals surface area contributed by atoms with Gasteiger partial charge in [0.25, 0.3) is 5.82 Å². The zero-order valence-corrected chi connectivity index (χ0v) is 13.4. The van der Waals surface area contributed by atoms with Crippen molar-refractivity contribution in [3.8, 4) is 0 Å². The highest BCUT2D eigenvalue weighted by atomic mass is 16.5. The highest BCUT2D eigenvalue weighted by Gasteiger charge is 2.21. The maximum absolute atomic E-state index is 11.5. The summed E-state index contributed by atoms with van der Waals surface area (Å²) in [6, 6.07) is 10.4. The van der Waals surface area contributed by atoms with Crippen LogP contribution in [0.3, 0.4) is 0 Å². The first-order valence-corrected chi connectivity index (χ1v) is 7.98. The molecule has 23 heavy (non-hydrogen) atoms. The summed E-state index contributed by atoms with van der Waals surface area (Å²) in [5.41, 5.74) is 1.28. The first kappa shape index (κ1) is 15.7. The lowest BCUT2D eigenvalue weighted by atomic mass is 9.85. The molecule has 1 aliphatic rings. The molecule has 0 unspecified atom stereocenters. The van der Waals surface area contributed by atoms with Crippen molar-refractivity contribution in [1.82, 2.24) is 19.7 Å². The molecule has 0 spiro atoms. The van der Waals surface area contributed by atoms with Crippen LogP contribution in [0, 0.1) is 5.92 Å². The molecule has 0 N–H and O–H groups in total. The molecule has 1 heterocycles. The number of carbonyl (C=O) groups excluding carboxylic acids is 1. The Morgan fingerprint density at radius 2 is 2.13 bits per heavy atom. The highest BCUT2D eigenvalue weighted by molar-refractivity contribution is 5.84. The van der Waals surface area contributed by atoms with Gasteiger partial charge in [0, 0.05) is 13.1 Å². The fourth-order valence-corrected chi connectivity index (χ4v) is 2.81. The van der Waals surface area contributed by atoms with E-state index >= 15 is 0 Å². The maximum atomic E-state index is 11.5. The molecule has 122 valence electrons. The van der Waals surface area contributed by atoms with Gasteiger partial charge in [-0.1, -0.05) is 36.8 Å². The SMILES string of the molecule is COC(=O)c1ncn(CN(Cc2ccccc2)CC2CCC2)n1. The van der Waals surface area contributed by atoms with E-state index in [1.165, 1.54) is 31.9 Å². The van der Waals surface area contributed by atoms with Crippen molar-refractivity contribution in [3.05, 3.63) is 48.0 Å². The molecule has 1 aliphatic carbocycles. The van der Waals surface area contributed by atoms with E-state index < -0.39 is 5.97 Å². The minimum absolute atomic E-state index is 0.107. The number of ether oxygens (including phenoxy) is 1. The van der Waals surface area contributed by atoms with Crippen LogP contribution in [0.5, 0.6) is 0 Å². The zero-order valence-electron chi connectivity index (χ0n) is 13.4. The third-order valence-electron chi connectivity index (χ3n) is 4.24. The Labute approximate surface area is 136 Å². The lowest BCUT2D eigenvalue weighted by Crippen LogP contribution is -2.34. The van der Waals surface area contributed by atoms with E-state index in [4.69, 9.17) is 0 Å². The van der Waals surface area contributed by atoms with Gasteiger partial charge in [0.1, 0.15) is 6.33 Å². The smallest absolute Gasteiger partial charge is 0.377 e. The van der Waals surface area contributed by atoms with Crippen LogP contribution in [0.2, 0.25) is 0 Å². The molecule has 0 bridgehead atoms. The van der Waals surface area contributed by atoms with E-state index in [0.717, 1.165) is 19.0 Å². The largest absolute Gasteiger partial charge is 0.463 e. The van der Waals surface area contributed by atoms with Crippen molar-refractivity contribution in [2.75, 3.05) is 13.7 Å². The van der Waals surface area contributed by atoms with Gasteiger partial charge in [-0.05, 0) is 24.3 Å². The number of benzene rings is 1. The van der Waals surface area contributed by atoms with Gasteiger partial charge in [0.15, 0.2) is 0 Å². The Hall–Kier alpha value is -2.21. The van der Waals surface area contributed by atoms with Crippen molar-refractivity contribution in [2.45, 2.75) is 32.5 Å². The zero-order chi connectivity index (χ0) is 16.1. The second kappa shape index (κ2) is 7.37. The number of hydrogen-bond acceptors (Lipinski definition) is 5. The molecule has 1 aromatic carbocycles. The van der Waals surface area contributed by atoms with Gasteiger partial charge in [-0.2, -0.15) is 0 Å². The second-order valence-corrected chi connectivity index (χ2v) is 6.03. The molecule has 2 aromatic rings. The molecule has 3 rings (SSSR count). The fourth-order valence-electron chi connectivity index (χ4n) is 2.81. The van der Waals surface area contributed by atoms with Crippen LogP contribution in [-0.2, 0) is 18.0 Å². The van der Waals surface area contributed by atoms with Gasteiger partial charge in [-0.15, -0.1) is 5.10 Å². The average molecular weight is 314 g/mol. The van der Waals surface area contributed by atoms with Crippen LogP contribution < -0.4 is 0 Å². The van der Waals surface area contributed by atoms with Gasteiger partial charge in [0.2, 0.25) is 0 Å². The van der Waals surface area contributed by atoms with Crippen molar-refractivity contribution >= 4 is 5.97 Å². The summed E-state index contributed by atoms with van der Waals surface area (Å²) >= 11 is 0. The Balaban J connectivity index is 1.67. The number of aromatic nitrogens is 3. The van der Waals surface area contributed by atoms with Crippen molar-refractivity contribution in [3.63, 3.8) is 0 Å². The predicted octanol–water partition coefficient (Wildman–Crippen LogP) is 2.32. The Morgan fingerprint density at radius 1 is 1.35 bits per heavy atom. The maximum Gasteiger partial charge on any atom is 0.377 e. The first-order chi connectivity index (χ1) is 11.2. The van der Waals surface area contributed by atoms with E-state index in [0.29, 0.717) is 6.67 Å². The number of hydrogen-bond donors (Lipinski definition) is 0. The number of carbonyl (C=O) groups is 1. The summed E-state index contributed by atoms with van der Waals surface area (Å²) in [6.07, 6.45) is 5.52. The van der Waals surface area contributed by atoms with E-state index in [9.17, 15) is 4.79 Å². The second-order valence-electron chi connectivity index (χ2n) is 6.03. The van der Waals surface area contributed by atoms with E-state index in [1.54, 1.807) is 11.0 Å². The van der Waals surface area contributed by atoms with E-state index in [-0.39, 0.29) is 5.82 Å². The monoisotopic (exact) mass is 314 g/mol. The summed E-state index contributed by atoms with van der Waals surface area (Å²) in [6.45, 7) is 2.53. The summed E-state index contributed by atoms with van der Waals surface area (Å²) in [5, 5.41) is 4.20. The highest BCUT2D eigenvalue weighted by Crippen LogP contribution is 2.27. The van der Waals surface area contributed by atoms with Gasteiger partial charge in [-0.25, -0.2) is 14.5 Å². The lowest BCUT2D eigenvalue weighted by Gasteiger charge is -2.32. The molecule has 0 radical (unpaired) electrons. The van der Waals surface area contributed by atoms with Crippen molar-refractivity contribution < 1.29 is 9.53 Å². The van der Waals surface area contributed by atoms with Crippen molar-refractivity contribution in [1.29, 1.82) is 0 Å². The summed E-state index contributed by atoms with van der Waals surface area (Å²) in [5.74, 6) is 0.371. The molecular formula is C17H22N4O2.